The Morgan fingerprint density at radius 2 is 1.91 bits per heavy atom. The van der Waals surface area contributed by atoms with E-state index < -0.39 is 5.97 Å². The third-order valence-corrected chi connectivity index (χ3v) is 6.86. The van der Waals surface area contributed by atoms with Crippen LogP contribution in [-0.2, 0) is 23.6 Å². The minimum atomic E-state index is -0.824. The first-order valence-electron chi connectivity index (χ1n) is 10.3. The van der Waals surface area contributed by atoms with E-state index >= 15 is 0 Å². The molecule has 0 amide bonds. The highest BCUT2D eigenvalue weighted by Gasteiger charge is 2.22. The molecule has 4 nitrogen and oxygen atoms in total. The summed E-state index contributed by atoms with van der Waals surface area (Å²) in [6.07, 6.45) is 1.37. The molecule has 0 spiro atoms. The second kappa shape index (κ2) is 10.5. The molecule has 0 saturated carbocycles. The van der Waals surface area contributed by atoms with Crippen molar-refractivity contribution in [3.05, 3.63) is 87.4 Å². The van der Waals surface area contributed by atoms with Crippen LogP contribution in [0.25, 0.3) is 0 Å². The number of halogens is 2. The van der Waals surface area contributed by atoms with E-state index in [1.54, 1.807) is 23.9 Å². The van der Waals surface area contributed by atoms with Gasteiger partial charge in [0.2, 0.25) is 0 Å². The molecule has 1 unspecified atom stereocenters. The lowest BCUT2D eigenvalue weighted by Crippen LogP contribution is -2.25. The molecule has 3 aromatic rings. The number of carbonyl (C=O) groups is 1. The second-order valence-electron chi connectivity index (χ2n) is 7.60. The van der Waals surface area contributed by atoms with Crippen LogP contribution in [0.15, 0.2) is 65.6 Å². The van der Waals surface area contributed by atoms with E-state index in [2.05, 4.69) is 18.2 Å². The van der Waals surface area contributed by atoms with Gasteiger partial charge in [-0.1, -0.05) is 35.3 Å². The summed E-state index contributed by atoms with van der Waals surface area (Å²) in [4.78, 5) is 12.1. The van der Waals surface area contributed by atoms with Crippen molar-refractivity contribution in [2.75, 3.05) is 0 Å². The van der Waals surface area contributed by atoms with Crippen molar-refractivity contribution in [2.45, 2.75) is 42.6 Å². The quantitative estimate of drug-likeness (QED) is 0.344. The fourth-order valence-corrected chi connectivity index (χ4v) is 4.80. The van der Waals surface area contributed by atoms with Crippen LogP contribution >= 0.6 is 35.0 Å². The Bertz CT molecular complexity index is 1100. The molecule has 1 aliphatic heterocycles. The summed E-state index contributed by atoms with van der Waals surface area (Å²) >= 11 is 14.0. The fraction of sp³-hybridized carbons (Fsp3) is 0.240. The van der Waals surface area contributed by atoms with Crippen molar-refractivity contribution in [3.8, 4) is 11.5 Å². The maximum atomic E-state index is 10.9. The maximum absolute atomic E-state index is 10.9. The van der Waals surface area contributed by atoms with Gasteiger partial charge in [-0.2, -0.15) is 0 Å². The van der Waals surface area contributed by atoms with Crippen molar-refractivity contribution in [3.63, 3.8) is 0 Å². The number of rotatable bonds is 8. The molecule has 0 fully saturated rings. The Hall–Kier alpha value is -2.34. The average molecular weight is 489 g/mol. The Labute approximate surface area is 201 Å². The molecule has 1 atom stereocenters. The zero-order valence-corrected chi connectivity index (χ0v) is 19.6. The molecule has 0 radical (unpaired) electrons. The predicted octanol–water partition coefficient (Wildman–Crippen LogP) is 7.03. The van der Waals surface area contributed by atoms with E-state index in [4.69, 9.17) is 37.8 Å². The molecule has 4 rings (SSSR count). The monoisotopic (exact) mass is 488 g/mol. The van der Waals surface area contributed by atoms with E-state index in [1.165, 1.54) is 10.5 Å². The first kappa shape index (κ1) is 22.8. The Kier molecular flexibility index (Phi) is 7.51. The number of carboxylic acids is 1. The number of thioether (sulfide) groups is 1. The van der Waals surface area contributed by atoms with Gasteiger partial charge in [0.25, 0.3) is 0 Å². The summed E-state index contributed by atoms with van der Waals surface area (Å²) in [5, 5.41) is 10.2. The summed E-state index contributed by atoms with van der Waals surface area (Å²) in [6, 6.07) is 19.5. The van der Waals surface area contributed by atoms with Crippen molar-refractivity contribution < 1.29 is 19.4 Å². The molecule has 1 N–H and O–H groups in total. The third kappa shape index (κ3) is 6.12. The number of hydrogen-bond acceptors (Lipinski definition) is 4. The van der Waals surface area contributed by atoms with Gasteiger partial charge in [-0.15, -0.1) is 11.8 Å². The van der Waals surface area contributed by atoms with E-state index in [-0.39, 0.29) is 12.5 Å². The molecule has 0 bridgehead atoms. The summed E-state index contributed by atoms with van der Waals surface area (Å²) in [5.74, 6) is 1.59. The highest BCUT2D eigenvalue weighted by atomic mass is 35.5. The zero-order valence-electron chi connectivity index (χ0n) is 17.2. The van der Waals surface area contributed by atoms with Crippen LogP contribution in [0.3, 0.4) is 0 Å². The fourth-order valence-electron chi connectivity index (χ4n) is 3.51. The molecular weight excluding hydrogens is 467 g/mol. The topological polar surface area (TPSA) is 55.8 Å². The Balaban J connectivity index is 1.30. The van der Waals surface area contributed by atoms with Gasteiger partial charge >= 0.3 is 5.97 Å². The maximum Gasteiger partial charge on any atom is 0.307 e. The van der Waals surface area contributed by atoms with Crippen LogP contribution in [0.5, 0.6) is 11.5 Å². The first-order valence-corrected chi connectivity index (χ1v) is 12.0. The SMILES string of the molecule is O=C(O)CC1CCc2cc(SCc3ccc(OCc4cc(Cl)ccc4Cl)cc3)ccc2O1. The number of aliphatic carboxylic acids is 1. The van der Waals surface area contributed by atoms with Crippen LogP contribution in [0.1, 0.15) is 29.5 Å². The normalized spacial score (nSPS) is 15.0. The van der Waals surface area contributed by atoms with Gasteiger partial charge in [-0.05, 0) is 72.5 Å². The molecule has 0 aliphatic carbocycles. The van der Waals surface area contributed by atoms with Gasteiger partial charge in [-0.3, -0.25) is 4.79 Å². The number of carboxylic acid groups (broad SMARTS) is 1. The van der Waals surface area contributed by atoms with E-state index in [0.29, 0.717) is 16.7 Å². The average Bonchev–Trinajstić information content (AvgIpc) is 2.78. The van der Waals surface area contributed by atoms with Crippen LogP contribution in [0.2, 0.25) is 10.0 Å². The van der Waals surface area contributed by atoms with Gasteiger partial charge in [0.15, 0.2) is 0 Å². The smallest absolute Gasteiger partial charge is 0.307 e. The van der Waals surface area contributed by atoms with Gasteiger partial charge in [0.05, 0.1) is 6.42 Å². The van der Waals surface area contributed by atoms with Gasteiger partial charge < -0.3 is 14.6 Å². The molecule has 1 heterocycles. The first-order chi connectivity index (χ1) is 15.5. The molecule has 7 heteroatoms. The largest absolute Gasteiger partial charge is 0.490 e. The Morgan fingerprint density at radius 1 is 1.09 bits per heavy atom. The molecule has 166 valence electrons. The summed E-state index contributed by atoms with van der Waals surface area (Å²) in [7, 11) is 0. The number of aryl methyl sites for hydroxylation is 1. The lowest BCUT2D eigenvalue weighted by Gasteiger charge is -2.25. The lowest BCUT2D eigenvalue weighted by atomic mass is 10.0. The van der Waals surface area contributed by atoms with Gasteiger partial charge in [-0.25, -0.2) is 0 Å². The summed E-state index contributed by atoms with van der Waals surface area (Å²) in [6.45, 7) is 0.359. The van der Waals surface area contributed by atoms with Crippen LogP contribution in [0.4, 0.5) is 0 Å². The van der Waals surface area contributed by atoms with Crippen molar-refractivity contribution in [2.24, 2.45) is 0 Å². The van der Waals surface area contributed by atoms with E-state index in [1.807, 2.05) is 30.3 Å². The molecular formula is C25H22Cl2O4S. The van der Waals surface area contributed by atoms with Crippen molar-refractivity contribution >= 4 is 40.9 Å². The van der Waals surface area contributed by atoms with Crippen molar-refractivity contribution in [1.29, 1.82) is 0 Å². The van der Waals surface area contributed by atoms with E-state index in [0.717, 1.165) is 41.2 Å². The zero-order chi connectivity index (χ0) is 22.5. The van der Waals surface area contributed by atoms with Crippen LogP contribution in [-0.4, -0.2) is 17.2 Å². The van der Waals surface area contributed by atoms with Crippen LogP contribution in [0, 0.1) is 0 Å². The third-order valence-electron chi connectivity index (χ3n) is 5.19. The highest BCUT2D eigenvalue weighted by Crippen LogP contribution is 2.33. The Morgan fingerprint density at radius 3 is 2.69 bits per heavy atom. The predicted molar refractivity (Wildman–Crippen MR) is 128 cm³/mol. The van der Waals surface area contributed by atoms with Gasteiger partial charge in [0, 0.05) is 26.3 Å². The standard InChI is InChI=1S/C25H22Cl2O4S/c26-19-4-9-23(27)18(11-19)14-30-20-5-1-16(2-6-20)15-32-22-8-10-24-17(12-22)3-7-21(31-24)13-25(28)29/h1-2,4-6,8-12,21H,3,7,13-15H2,(H,28,29). The van der Waals surface area contributed by atoms with Gasteiger partial charge in [0.1, 0.15) is 24.2 Å². The molecule has 3 aromatic carbocycles. The second-order valence-corrected chi connectivity index (χ2v) is 9.50. The minimum absolute atomic E-state index is 0.0434. The molecule has 0 saturated heterocycles. The number of benzene rings is 3. The minimum Gasteiger partial charge on any atom is -0.490 e. The highest BCUT2D eigenvalue weighted by molar-refractivity contribution is 7.98. The molecule has 0 aromatic heterocycles. The molecule has 32 heavy (non-hydrogen) atoms. The number of fused-ring (bicyclic) bond motifs is 1. The molecule has 1 aliphatic rings. The van der Waals surface area contributed by atoms with Crippen LogP contribution < -0.4 is 9.47 Å². The van der Waals surface area contributed by atoms with E-state index in [9.17, 15) is 4.79 Å². The lowest BCUT2D eigenvalue weighted by molar-refractivity contribution is -0.139. The number of ether oxygens (including phenoxy) is 2. The summed E-state index contributed by atoms with van der Waals surface area (Å²) < 4.78 is 11.7. The number of hydrogen-bond donors (Lipinski definition) is 1. The summed E-state index contributed by atoms with van der Waals surface area (Å²) in [5.41, 5.74) is 3.18. The van der Waals surface area contributed by atoms with Crippen molar-refractivity contribution in [1.82, 2.24) is 0 Å².